The van der Waals surface area contributed by atoms with E-state index in [0.717, 1.165) is 0 Å². The minimum absolute atomic E-state index is 1.43. The zero-order valence-corrected chi connectivity index (χ0v) is 4.90. The van der Waals surface area contributed by atoms with Crippen LogP contribution in [-0.2, 0) is 0 Å². The minimum Gasteiger partial charge on any atom is -0.450 e. The van der Waals surface area contributed by atoms with Crippen LogP contribution in [0.3, 0.4) is 0 Å². The zero-order chi connectivity index (χ0) is 7.70. The molecule has 0 atom stereocenters. The van der Waals surface area contributed by atoms with Gasteiger partial charge in [0.25, 0.3) is 0 Å². The highest BCUT2D eigenvalue weighted by Gasteiger charge is 1.70. The van der Waals surface area contributed by atoms with Gasteiger partial charge in [0.15, 0.2) is 0 Å². The summed E-state index contributed by atoms with van der Waals surface area (Å²) in [6, 6.07) is 1.84. The Hall–Kier alpha value is -1.50. The van der Waals surface area contributed by atoms with Crippen LogP contribution < -0.4 is 0 Å². The Kier molecular flexibility index (Phi) is 11.3. The summed E-state index contributed by atoms with van der Waals surface area (Å²) in [6.07, 6.45) is 1.29. The minimum atomic E-state index is -1.83. The molecule has 9 heavy (non-hydrogen) atoms. The van der Waals surface area contributed by atoms with Gasteiger partial charge in [-0.3, -0.25) is 0 Å². The first-order valence-electron chi connectivity index (χ1n) is 2.07. The van der Waals surface area contributed by atoms with E-state index < -0.39 is 6.16 Å². The molecule has 0 aromatic heterocycles. The van der Waals surface area contributed by atoms with Gasteiger partial charge in [-0.05, 0) is 6.92 Å². The zero-order valence-electron chi connectivity index (χ0n) is 4.90. The maximum atomic E-state index is 8.56. The van der Waals surface area contributed by atoms with E-state index in [9.17, 15) is 0 Å². The molecule has 4 nitrogen and oxygen atoms in total. The molecule has 50 valence electrons. The molecule has 0 aliphatic heterocycles. The van der Waals surface area contributed by atoms with Crippen molar-refractivity contribution in [2.75, 3.05) is 0 Å². The van der Waals surface area contributed by atoms with E-state index in [1.807, 2.05) is 13.0 Å². The lowest BCUT2D eigenvalue weighted by Gasteiger charge is -1.60. The maximum Gasteiger partial charge on any atom is 0.503 e. The van der Waals surface area contributed by atoms with Gasteiger partial charge in [0, 0.05) is 6.08 Å². The van der Waals surface area contributed by atoms with Crippen LogP contribution >= 0.6 is 0 Å². The highest BCUT2D eigenvalue weighted by atomic mass is 16.6. The van der Waals surface area contributed by atoms with Crippen molar-refractivity contribution < 1.29 is 15.0 Å². The molecule has 0 fully saturated rings. The van der Waals surface area contributed by atoms with Gasteiger partial charge < -0.3 is 10.2 Å². The summed E-state index contributed by atoms with van der Waals surface area (Å²) >= 11 is 0. The van der Waals surface area contributed by atoms with Crippen molar-refractivity contribution in [2.24, 2.45) is 0 Å². The van der Waals surface area contributed by atoms with Crippen LogP contribution in [0.4, 0.5) is 4.79 Å². The summed E-state index contributed by atoms with van der Waals surface area (Å²) in [5.41, 5.74) is 0. The van der Waals surface area contributed by atoms with E-state index in [2.05, 4.69) is 0 Å². The molecular weight excluding hydrogens is 122 g/mol. The number of carbonyl (C=O) groups is 1. The number of hydrogen-bond acceptors (Lipinski definition) is 2. The first kappa shape index (κ1) is 10.5. The molecule has 0 heterocycles. The second kappa shape index (κ2) is 9.71. The Morgan fingerprint density at radius 2 is 2.00 bits per heavy atom. The Balaban J connectivity index is 0. The van der Waals surface area contributed by atoms with E-state index in [0.29, 0.717) is 0 Å². The van der Waals surface area contributed by atoms with Crippen LogP contribution in [0.5, 0.6) is 0 Å². The van der Waals surface area contributed by atoms with Gasteiger partial charge in [-0.25, -0.2) is 4.79 Å². The summed E-state index contributed by atoms with van der Waals surface area (Å²) < 4.78 is 0. The number of nitriles is 1. The lowest BCUT2D eigenvalue weighted by molar-refractivity contribution is 0.137. The number of hydrogen-bond donors (Lipinski definition) is 2. The average Bonchev–Trinajstić information content (AvgIpc) is 1.66. The third-order valence-corrected chi connectivity index (χ3v) is 0.241. The molecule has 0 aliphatic rings. The first-order chi connectivity index (χ1) is 4.15. The van der Waals surface area contributed by atoms with Crippen molar-refractivity contribution in [1.82, 2.24) is 0 Å². The predicted octanol–water partition coefficient (Wildman–Crippen LogP) is 1.31. The van der Waals surface area contributed by atoms with E-state index in [1.165, 1.54) is 6.08 Å². The van der Waals surface area contributed by atoms with Crippen molar-refractivity contribution in [3.05, 3.63) is 12.2 Å². The second-order valence-electron chi connectivity index (χ2n) is 0.912. The standard InChI is InChI=1S/C4H5N.CH2O3/c1-2-3-4-5;2-1(3)4/h2-3H,1H3;(H2,2,3,4). The van der Waals surface area contributed by atoms with Gasteiger partial charge in [0.2, 0.25) is 0 Å². The largest absolute Gasteiger partial charge is 0.503 e. The van der Waals surface area contributed by atoms with Crippen molar-refractivity contribution in [1.29, 1.82) is 5.26 Å². The van der Waals surface area contributed by atoms with E-state index in [4.69, 9.17) is 20.3 Å². The SMILES string of the molecule is CC=CC#N.O=C(O)O. The van der Waals surface area contributed by atoms with E-state index >= 15 is 0 Å². The molecule has 0 radical (unpaired) electrons. The summed E-state index contributed by atoms with van der Waals surface area (Å²) in [4.78, 5) is 8.56. The van der Waals surface area contributed by atoms with Crippen molar-refractivity contribution in [3.63, 3.8) is 0 Å². The molecule has 0 saturated carbocycles. The monoisotopic (exact) mass is 129 g/mol. The number of carboxylic acid groups (broad SMARTS) is 2. The summed E-state index contributed by atoms with van der Waals surface area (Å²) in [5.74, 6) is 0. The molecule has 0 spiro atoms. The van der Waals surface area contributed by atoms with Crippen LogP contribution in [0.1, 0.15) is 6.92 Å². The van der Waals surface area contributed by atoms with Crippen LogP contribution in [0.15, 0.2) is 12.2 Å². The Labute approximate surface area is 52.7 Å². The van der Waals surface area contributed by atoms with Gasteiger partial charge >= 0.3 is 6.16 Å². The molecular formula is C5H7NO3. The Morgan fingerprint density at radius 3 is 2.00 bits per heavy atom. The molecule has 4 heteroatoms. The predicted molar refractivity (Wildman–Crippen MR) is 31.1 cm³/mol. The summed E-state index contributed by atoms with van der Waals surface area (Å²) in [6.45, 7) is 1.81. The van der Waals surface area contributed by atoms with Crippen LogP contribution in [0, 0.1) is 11.3 Å². The molecule has 0 aliphatic carbocycles. The van der Waals surface area contributed by atoms with Gasteiger partial charge in [-0.15, -0.1) is 0 Å². The Bertz CT molecular complexity index is 130. The molecule has 0 aromatic rings. The van der Waals surface area contributed by atoms with E-state index in [-0.39, 0.29) is 0 Å². The lowest BCUT2D eigenvalue weighted by atomic mass is 10.6. The van der Waals surface area contributed by atoms with Crippen molar-refractivity contribution in [2.45, 2.75) is 6.92 Å². The van der Waals surface area contributed by atoms with Gasteiger partial charge in [0.1, 0.15) is 0 Å². The normalized spacial score (nSPS) is 7.11. The molecule has 0 bridgehead atoms. The number of nitrogens with zero attached hydrogens (tertiary/aromatic N) is 1. The highest BCUT2D eigenvalue weighted by molar-refractivity contribution is 5.53. The van der Waals surface area contributed by atoms with Crippen molar-refractivity contribution >= 4 is 6.16 Å². The first-order valence-corrected chi connectivity index (χ1v) is 2.07. The smallest absolute Gasteiger partial charge is 0.450 e. The summed E-state index contributed by atoms with van der Waals surface area (Å²) in [5, 5.41) is 21.7. The molecule has 0 saturated heterocycles. The van der Waals surface area contributed by atoms with E-state index in [1.54, 1.807) is 6.08 Å². The second-order valence-corrected chi connectivity index (χ2v) is 0.912. The number of allylic oxidation sites excluding steroid dienone is 2. The van der Waals surface area contributed by atoms with Gasteiger partial charge in [-0.2, -0.15) is 5.26 Å². The van der Waals surface area contributed by atoms with Crippen LogP contribution in [0.2, 0.25) is 0 Å². The molecule has 2 N–H and O–H groups in total. The fraction of sp³-hybridized carbons (Fsp3) is 0.200. The molecule has 0 rings (SSSR count). The average molecular weight is 129 g/mol. The maximum absolute atomic E-state index is 8.56. The molecule has 0 unspecified atom stereocenters. The third kappa shape index (κ3) is 526. The highest BCUT2D eigenvalue weighted by Crippen LogP contribution is 1.58. The van der Waals surface area contributed by atoms with Crippen molar-refractivity contribution in [3.8, 4) is 6.07 Å². The third-order valence-electron chi connectivity index (χ3n) is 0.241. The topological polar surface area (TPSA) is 81.3 Å². The number of rotatable bonds is 0. The van der Waals surface area contributed by atoms with Gasteiger partial charge in [0.05, 0.1) is 6.07 Å². The fourth-order valence-corrected chi connectivity index (χ4v) is 0.0745. The fourth-order valence-electron chi connectivity index (χ4n) is 0.0745. The van der Waals surface area contributed by atoms with Gasteiger partial charge in [-0.1, -0.05) is 6.08 Å². The van der Waals surface area contributed by atoms with Crippen LogP contribution in [0.25, 0.3) is 0 Å². The Morgan fingerprint density at radius 1 is 1.67 bits per heavy atom. The molecule has 0 amide bonds. The van der Waals surface area contributed by atoms with Crippen LogP contribution in [-0.4, -0.2) is 16.4 Å². The summed E-state index contributed by atoms with van der Waals surface area (Å²) in [7, 11) is 0. The lowest BCUT2D eigenvalue weighted by Crippen LogP contribution is -1.81. The quantitative estimate of drug-likeness (QED) is 0.483. The molecule has 0 aromatic carbocycles.